The fourth-order valence-electron chi connectivity index (χ4n) is 2.21. The van der Waals surface area contributed by atoms with Crippen LogP contribution in [-0.4, -0.2) is 21.6 Å². The van der Waals surface area contributed by atoms with Crippen LogP contribution in [0.4, 0.5) is 0 Å². The van der Waals surface area contributed by atoms with E-state index in [1.807, 2.05) is 12.1 Å². The van der Waals surface area contributed by atoms with Crippen molar-refractivity contribution in [3.8, 4) is 0 Å². The molecule has 8 heteroatoms. The van der Waals surface area contributed by atoms with Gasteiger partial charge in [-0.2, -0.15) is 0 Å². The summed E-state index contributed by atoms with van der Waals surface area (Å²) in [5.41, 5.74) is 0. The molecular formula is C18H22O4S4. The Labute approximate surface area is 165 Å². The third kappa shape index (κ3) is 7.02. The van der Waals surface area contributed by atoms with E-state index < -0.39 is 17.5 Å². The first kappa shape index (κ1) is 21.4. The highest BCUT2D eigenvalue weighted by Crippen LogP contribution is 2.14. The van der Waals surface area contributed by atoms with Crippen molar-refractivity contribution in [3.63, 3.8) is 0 Å². The summed E-state index contributed by atoms with van der Waals surface area (Å²) in [6.45, 7) is 0.694. The van der Waals surface area contributed by atoms with Gasteiger partial charge in [-0.15, -0.1) is 0 Å². The number of benzene rings is 2. The summed E-state index contributed by atoms with van der Waals surface area (Å²) in [7, 11) is -5.70. The largest absolute Gasteiger partial charge is 0.286 e. The van der Waals surface area contributed by atoms with Gasteiger partial charge in [-0.3, -0.25) is 8.37 Å². The van der Waals surface area contributed by atoms with E-state index in [0.717, 1.165) is 25.7 Å². The lowest BCUT2D eigenvalue weighted by molar-refractivity contribution is 0.312. The van der Waals surface area contributed by atoms with E-state index >= 15 is 0 Å². The van der Waals surface area contributed by atoms with Crippen molar-refractivity contribution < 1.29 is 16.8 Å². The average molecular weight is 431 g/mol. The van der Waals surface area contributed by atoms with Gasteiger partial charge in [-0.25, -0.2) is 8.42 Å². The lowest BCUT2D eigenvalue weighted by Gasteiger charge is -2.09. The predicted molar refractivity (Wildman–Crippen MR) is 111 cm³/mol. The molecule has 2 aromatic rings. The molecule has 26 heavy (non-hydrogen) atoms. The van der Waals surface area contributed by atoms with Gasteiger partial charge in [-0.1, -0.05) is 49.2 Å². The monoisotopic (exact) mass is 430 g/mol. The molecule has 0 spiro atoms. The van der Waals surface area contributed by atoms with Crippen molar-refractivity contribution in [2.24, 2.45) is 0 Å². The van der Waals surface area contributed by atoms with Crippen molar-refractivity contribution in [3.05, 3.63) is 60.7 Å². The summed E-state index contributed by atoms with van der Waals surface area (Å²) in [5, 5.41) is 0. The molecule has 2 aromatic carbocycles. The van der Waals surface area contributed by atoms with E-state index in [9.17, 15) is 8.42 Å². The normalized spacial score (nSPS) is 15.8. The van der Waals surface area contributed by atoms with Crippen molar-refractivity contribution in [2.75, 3.05) is 13.2 Å². The molecule has 2 unspecified atom stereocenters. The summed E-state index contributed by atoms with van der Waals surface area (Å²) < 4.78 is 35.4. The van der Waals surface area contributed by atoms with Gasteiger partial charge < -0.3 is 0 Å². The topological polar surface area (TPSA) is 52.6 Å². The molecule has 142 valence electrons. The fourth-order valence-corrected chi connectivity index (χ4v) is 5.21. The maximum absolute atomic E-state index is 12.3. The number of rotatable bonds is 11. The zero-order valence-corrected chi connectivity index (χ0v) is 17.5. The summed E-state index contributed by atoms with van der Waals surface area (Å²) in [6.07, 6.45) is 3.27. The van der Waals surface area contributed by atoms with Crippen LogP contribution in [0.25, 0.3) is 0 Å². The summed E-state index contributed by atoms with van der Waals surface area (Å²) >= 11 is 10.1. The van der Waals surface area contributed by atoms with Crippen LogP contribution in [0.15, 0.2) is 70.5 Å². The van der Waals surface area contributed by atoms with Crippen molar-refractivity contribution in [1.29, 1.82) is 0 Å². The number of unbranched alkanes of at least 4 members (excludes halogenated alkanes) is 3. The number of hydrogen-bond acceptors (Lipinski definition) is 6. The first-order valence-corrected chi connectivity index (χ1v) is 13.1. The SMILES string of the molecule is O=S(=S)(OCCCCCCOS(=O)(=S)c1ccccc1)c1ccccc1. The Balaban J connectivity index is 1.60. The Morgan fingerprint density at radius 1 is 0.615 bits per heavy atom. The first-order chi connectivity index (χ1) is 12.4. The van der Waals surface area contributed by atoms with Crippen LogP contribution >= 0.6 is 0 Å². The van der Waals surface area contributed by atoms with Gasteiger partial charge in [0.15, 0.2) is 17.5 Å². The second-order valence-electron chi connectivity index (χ2n) is 5.59. The molecule has 0 aliphatic heterocycles. The van der Waals surface area contributed by atoms with Gasteiger partial charge >= 0.3 is 0 Å². The molecule has 0 aliphatic carbocycles. The third-order valence-corrected chi connectivity index (χ3v) is 7.96. The van der Waals surface area contributed by atoms with Crippen LogP contribution in [0.2, 0.25) is 0 Å². The third-order valence-electron chi connectivity index (χ3n) is 3.58. The summed E-state index contributed by atoms with van der Waals surface area (Å²) in [4.78, 5) is 1.06. The van der Waals surface area contributed by atoms with Gasteiger partial charge in [0.2, 0.25) is 0 Å². The zero-order valence-electron chi connectivity index (χ0n) is 14.3. The minimum atomic E-state index is -2.85. The van der Waals surface area contributed by atoms with Crippen LogP contribution in [0.1, 0.15) is 25.7 Å². The first-order valence-electron chi connectivity index (χ1n) is 8.31. The molecule has 2 rings (SSSR count). The number of hydrogen-bond donors (Lipinski definition) is 0. The Bertz CT molecular complexity index is 788. The quantitative estimate of drug-likeness (QED) is 0.502. The Hall–Kier alpha value is -0.900. The van der Waals surface area contributed by atoms with Crippen molar-refractivity contribution in [2.45, 2.75) is 35.5 Å². The molecule has 0 aliphatic rings. The molecule has 0 saturated heterocycles. The van der Waals surface area contributed by atoms with E-state index in [4.69, 9.17) is 30.7 Å². The standard InChI is InChI=1S/C18H22O4S4/c19-25(23,17-11-5-3-6-12-17)21-15-9-1-2-10-16-22-26(20,24)18-13-7-4-8-14-18/h3-8,11-14H,1-2,9-10,15-16H2. The van der Waals surface area contributed by atoms with Crippen LogP contribution in [0, 0.1) is 0 Å². The van der Waals surface area contributed by atoms with Crippen molar-refractivity contribution in [1.82, 2.24) is 0 Å². The molecule has 0 aromatic heterocycles. The molecule has 2 atom stereocenters. The fraction of sp³-hybridized carbons (Fsp3) is 0.333. The minimum absolute atomic E-state index is 0.347. The second-order valence-corrected chi connectivity index (χ2v) is 11.5. The Morgan fingerprint density at radius 3 is 1.31 bits per heavy atom. The highest BCUT2D eigenvalue weighted by Gasteiger charge is 2.10. The highest BCUT2D eigenvalue weighted by molar-refractivity contribution is 8.30. The maximum Gasteiger partial charge on any atom is 0.173 e. The average Bonchev–Trinajstić information content (AvgIpc) is 2.65. The molecule has 0 amide bonds. The molecule has 0 N–H and O–H groups in total. The van der Waals surface area contributed by atoms with E-state index in [0.29, 0.717) is 23.0 Å². The molecular weight excluding hydrogens is 408 g/mol. The van der Waals surface area contributed by atoms with Gasteiger partial charge in [0.25, 0.3) is 0 Å². The van der Waals surface area contributed by atoms with Crippen LogP contribution in [0.3, 0.4) is 0 Å². The molecule has 0 radical (unpaired) electrons. The summed E-state index contributed by atoms with van der Waals surface area (Å²) in [6, 6.07) is 17.7. The Kier molecular flexibility index (Phi) is 8.59. The Morgan fingerprint density at radius 2 is 0.962 bits per heavy atom. The lowest BCUT2D eigenvalue weighted by atomic mass is 10.2. The molecule has 0 saturated carbocycles. The lowest BCUT2D eigenvalue weighted by Crippen LogP contribution is -2.07. The molecule has 0 fully saturated rings. The molecule has 0 heterocycles. The van der Waals surface area contributed by atoms with Gasteiger partial charge in [0, 0.05) is 22.4 Å². The van der Waals surface area contributed by atoms with Gasteiger partial charge in [-0.05, 0) is 37.1 Å². The van der Waals surface area contributed by atoms with E-state index in [1.54, 1.807) is 48.5 Å². The van der Waals surface area contributed by atoms with Gasteiger partial charge in [0.05, 0.1) is 23.0 Å². The van der Waals surface area contributed by atoms with Crippen LogP contribution in [0.5, 0.6) is 0 Å². The highest BCUT2D eigenvalue weighted by atomic mass is 32.8. The minimum Gasteiger partial charge on any atom is -0.286 e. The smallest absolute Gasteiger partial charge is 0.173 e. The van der Waals surface area contributed by atoms with Crippen LogP contribution < -0.4 is 0 Å². The maximum atomic E-state index is 12.3. The van der Waals surface area contributed by atoms with E-state index in [2.05, 4.69) is 0 Å². The van der Waals surface area contributed by atoms with Crippen LogP contribution in [-0.2, 0) is 48.3 Å². The van der Waals surface area contributed by atoms with E-state index in [1.165, 1.54) is 0 Å². The van der Waals surface area contributed by atoms with Gasteiger partial charge in [0.1, 0.15) is 0 Å². The summed E-state index contributed by atoms with van der Waals surface area (Å²) in [5.74, 6) is 0. The predicted octanol–water partition coefficient (Wildman–Crippen LogP) is 4.02. The molecule has 4 nitrogen and oxygen atoms in total. The van der Waals surface area contributed by atoms with E-state index in [-0.39, 0.29) is 0 Å². The van der Waals surface area contributed by atoms with Crippen molar-refractivity contribution >= 4 is 39.9 Å². The molecule has 0 bridgehead atoms. The zero-order chi connectivity index (χ0) is 18.9. The second kappa shape index (κ2) is 10.4.